The van der Waals surface area contributed by atoms with Crippen LogP contribution in [0.1, 0.15) is 47.8 Å². The highest BCUT2D eigenvalue weighted by atomic mass is 16.2. The molecule has 1 aromatic carbocycles. The first-order valence-electron chi connectivity index (χ1n) is 10.2. The summed E-state index contributed by atoms with van der Waals surface area (Å²) in [4.78, 5) is 12.5. The Hall–Kier alpha value is -2.14. The molecule has 5 nitrogen and oxygen atoms in total. The van der Waals surface area contributed by atoms with Crippen molar-refractivity contribution in [3.05, 3.63) is 52.3 Å². The van der Waals surface area contributed by atoms with Crippen molar-refractivity contribution in [2.24, 2.45) is 0 Å². The minimum Gasteiger partial charge on any atom is -0.350 e. The van der Waals surface area contributed by atoms with E-state index < -0.39 is 0 Å². The first-order valence-corrected chi connectivity index (χ1v) is 10.2. The number of benzene rings is 1. The number of hydrogen-bond donors (Lipinski definition) is 2. The number of hydrogen-bond acceptors (Lipinski definition) is 3. The predicted molar refractivity (Wildman–Crippen MR) is 107 cm³/mol. The van der Waals surface area contributed by atoms with Gasteiger partial charge in [0.05, 0.1) is 5.69 Å². The summed E-state index contributed by atoms with van der Waals surface area (Å²) in [5.41, 5.74) is 6.33. The van der Waals surface area contributed by atoms with Crippen LogP contribution in [-0.4, -0.2) is 33.8 Å². The van der Waals surface area contributed by atoms with Crippen LogP contribution >= 0.6 is 0 Å². The standard InChI is InChI=1S/C22H30N4O/c1-4-19-14(2)25-26(15(19)3)13-22(27)24-21-10-9-20(21)23-18-11-16-7-5-6-8-17(16)12-18/h5-8,18,20-21,23H,4,9-13H2,1-3H3,(H,24,27)/t20-,21+/m0/s1. The van der Waals surface area contributed by atoms with Crippen molar-refractivity contribution in [1.29, 1.82) is 0 Å². The number of aromatic nitrogens is 2. The number of nitrogens with zero attached hydrogens (tertiary/aromatic N) is 2. The Morgan fingerprint density at radius 3 is 2.37 bits per heavy atom. The molecule has 2 aromatic rings. The van der Waals surface area contributed by atoms with Gasteiger partial charge in [-0.15, -0.1) is 0 Å². The molecule has 0 unspecified atom stereocenters. The van der Waals surface area contributed by atoms with Crippen LogP contribution < -0.4 is 10.6 Å². The van der Waals surface area contributed by atoms with Crippen LogP contribution in [0.15, 0.2) is 24.3 Å². The average molecular weight is 367 g/mol. The summed E-state index contributed by atoms with van der Waals surface area (Å²) in [7, 11) is 0. The van der Waals surface area contributed by atoms with E-state index in [1.165, 1.54) is 16.7 Å². The summed E-state index contributed by atoms with van der Waals surface area (Å²) in [6.45, 7) is 6.52. The fraction of sp³-hybridized carbons (Fsp3) is 0.545. The van der Waals surface area contributed by atoms with Gasteiger partial charge in [0.2, 0.25) is 5.91 Å². The molecule has 2 N–H and O–H groups in total. The highest BCUT2D eigenvalue weighted by Gasteiger charge is 2.35. The van der Waals surface area contributed by atoms with Crippen molar-refractivity contribution in [2.75, 3.05) is 0 Å². The zero-order valence-corrected chi connectivity index (χ0v) is 16.6. The zero-order chi connectivity index (χ0) is 19.0. The number of fused-ring (bicyclic) bond motifs is 1. The lowest BCUT2D eigenvalue weighted by Crippen LogP contribution is -2.59. The van der Waals surface area contributed by atoms with E-state index in [-0.39, 0.29) is 11.9 Å². The van der Waals surface area contributed by atoms with Crippen LogP contribution in [0.3, 0.4) is 0 Å². The van der Waals surface area contributed by atoms with Crippen LogP contribution in [0, 0.1) is 13.8 Å². The van der Waals surface area contributed by atoms with Gasteiger partial charge in [-0.3, -0.25) is 9.48 Å². The number of rotatable bonds is 6. The molecule has 1 fully saturated rings. The van der Waals surface area contributed by atoms with Gasteiger partial charge in [0.1, 0.15) is 6.54 Å². The monoisotopic (exact) mass is 366 g/mol. The molecule has 144 valence electrons. The van der Waals surface area contributed by atoms with Gasteiger partial charge in [0, 0.05) is 23.8 Å². The maximum atomic E-state index is 12.5. The molecule has 1 aromatic heterocycles. The van der Waals surface area contributed by atoms with Crippen LogP contribution in [-0.2, 0) is 30.6 Å². The van der Waals surface area contributed by atoms with Crippen molar-refractivity contribution < 1.29 is 4.79 Å². The molecule has 1 amide bonds. The van der Waals surface area contributed by atoms with Crippen LogP contribution in [0.2, 0.25) is 0 Å². The van der Waals surface area contributed by atoms with E-state index >= 15 is 0 Å². The minimum atomic E-state index is 0.0643. The quantitative estimate of drug-likeness (QED) is 0.826. The molecule has 4 rings (SSSR count). The topological polar surface area (TPSA) is 59.0 Å². The third-order valence-corrected chi connectivity index (χ3v) is 6.30. The zero-order valence-electron chi connectivity index (χ0n) is 16.6. The highest BCUT2D eigenvalue weighted by Crippen LogP contribution is 2.26. The average Bonchev–Trinajstić information content (AvgIpc) is 3.17. The molecule has 1 saturated carbocycles. The van der Waals surface area contributed by atoms with Gasteiger partial charge >= 0.3 is 0 Å². The molecule has 0 aliphatic heterocycles. The molecule has 2 aliphatic rings. The van der Waals surface area contributed by atoms with E-state index in [4.69, 9.17) is 0 Å². The summed E-state index contributed by atoms with van der Waals surface area (Å²) in [5.74, 6) is 0.0643. The number of carbonyl (C=O) groups excluding carboxylic acids is 1. The fourth-order valence-electron chi connectivity index (χ4n) is 4.64. The molecule has 0 radical (unpaired) electrons. The first-order chi connectivity index (χ1) is 13.0. The number of carbonyl (C=O) groups is 1. The summed E-state index contributed by atoms with van der Waals surface area (Å²) in [5, 5.41) is 11.5. The van der Waals surface area contributed by atoms with Gasteiger partial charge < -0.3 is 10.6 Å². The lowest BCUT2D eigenvalue weighted by Gasteiger charge is -2.39. The molecule has 27 heavy (non-hydrogen) atoms. The molecule has 0 bridgehead atoms. The number of amides is 1. The second kappa shape index (κ2) is 7.47. The van der Waals surface area contributed by atoms with Gasteiger partial charge in [-0.1, -0.05) is 31.2 Å². The van der Waals surface area contributed by atoms with Gasteiger partial charge in [-0.2, -0.15) is 5.10 Å². The first kappa shape index (κ1) is 18.2. The molecule has 2 atom stereocenters. The Morgan fingerprint density at radius 1 is 1.15 bits per heavy atom. The lowest BCUT2D eigenvalue weighted by atomic mass is 9.85. The smallest absolute Gasteiger partial charge is 0.242 e. The van der Waals surface area contributed by atoms with E-state index in [1.807, 2.05) is 11.6 Å². The maximum absolute atomic E-state index is 12.5. The second-order valence-corrected chi connectivity index (χ2v) is 8.06. The summed E-state index contributed by atoms with van der Waals surface area (Å²) >= 11 is 0. The molecule has 2 aliphatic carbocycles. The molecule has 1 heterocycles. The SMILES string of the molecule is CCc1c(C)nn(CC(=O)N[C@@H]2CC[C@@H]2NC2Cc3ccccc3C2)c1C. The van der Waals surface area contributed by atoms with Crippen molar-refractivity contribution in [3.63, 3.8) is 0 Å². The van der Waals surface area contributed by atoms with E-state index in [2.05, 4.69) is 53.8 Å². The molecule has 0 spiro atoms. The minimum absolute atomic E-state index is 0.0643. The molecule has 0 saturated heterocycles. The Morgan fingerprint density at radius 2 is 1.81 bits per heavy atom. The Labute approximate surface area is 161 Å². The largest absolute Gasteiger partial charge is 0.350 e. The van der Waals surface area contributed by atoms with Crippen LogP contribution in [0.25, 0.3) is 0 Å². The van der Waals surface area contributed by atoms with E-state index in [1.54, 1.807) is 0 Å². The third kappa shape index (κ3) is 3.65. The lowest BCUT2D eigenvalue weighted by molar-refractivity contribution is -0.123. The summed E-state index contributed by atoms with van der Waals surface area (Å²) in [6, 6.07) is 9.83. The summed E-state index contributed by atoms with van der Waals surface area (Å²) in [6.07, 6.45) is 5.34. The van der Waals surface area contributed by atoms with Crippen molar-refractivity contribution in [1.82, 2.24) is 20.4 Å². The van der Waals surface area contributed by atoms with Gasteiger partial charge in [0.25, 0.3) is 0 Å². The highest BCUT2D eigenvalue weighted by molar-refractivity contribution is 5.76. The van der Waals surface area contributed by atoms with E-state index in [9.17, 15) is 4.79 Å². The molecular formula is C22H30N4O. The van der Waals surface area contributed by atoms with Gasteiger partial charge in [0.15, 0.2) is 0 Å². The van der Waals surface area contributed by atoms with E-state index in [0.717, 1.165) is 43.5 Å². The fourth-order valence-corrected chi connectivity index (χ4v) is 4.64. The maximum Gasteiger partial charge on any atom is 0.242 e. The van der Waals surface area contributed by atoms with Crippen molar-refractivity contribution in [2.45, 2.75) is 77.5 Å². The van der Waals surface area contributed by atoms with Gasteiger partial charge in [-0.05, 0) is 62.6 Å². The third-order valence-electron chi connectivity index (χ3n) is 6.30. The predicted octanol–water partition coefficient (Wildman–Crippen LogP) is 2.47. The van der Waals surface area contributed by atoms with Crippen LogP contribution in [0.5, 0.6) is 0 Å². The number of nitrogens with one attached hydrogen (secondary N) is 2. The normalized spacial score (nSPS) is 21.7. The molecular weight excluding hydrogens is 336 g/mol. The molecule has 5 heteroatoms. The van der Waals surface area contributed by atoms with E-state index in [0.29, 0.717) is 18.6 Å². The Bertz CT molecular complexity index is 816. The van der Waals surface area contributed by atoms with Crippen LogP contribution in [0.4, 0.5) is 0 Å². The number of aryl methyl sites for hydroxylation is 1. The van der Waals surface area contributed by atoms with Crippen molar-refractivity contribution in [3.8, 4) is 0 Å². The van der Waals surface area contributed by atoms with Crippen molar-refractivity contribution >= 4 is 5.91 Å². The Balaban J connectivity index is 1.29. The summed E-state index contributed by atoms with van der Waals surface area (Å²) < 4.78 is 1.85. The van der Waals surface area contributed by atoms with Gasteiger partial charge in [-0.25, -0.2) is 0 Å². The Kier molecular flexibility index (Phi) is 5.04. The second-order valence-electron chi connectivity index (χ2n) is 8.06.